The number of aliphatic hydroxyl groups excluding tert-OH is 1. The highest BCUT2D eigenvalue weighted by atomic mass is 35.5. The number of carbonyl (C=O) groups is 1. The summed E-state index contributed by atoms with van der Waals surface area (Å²) in [6, 6.07) is 18.7. The van der Waals surface area contributed by atoms with Gasteiger partial charge in [0.05, 0.1) is 48.2 Å². The Bertz CT molecular complexity index is 1300. The minimum absolute atomic E-state index is 0.0902. The summed E-state index contributed by atoms with van der Waals surface area (Å²) < 4.78 is 29.5. The topological polar surface area (TPSA) is 118 Å². The molecular weight excluding hydrogens is 587 g/mol. The molecule has 1 saturated heterocycles. The highest BCUT2D eigenvalue weighted by Crippen LogP contribution is 2.29. The molecule has 1 aliphatic heterocycles. The molecule has 11 heteroatoms. The Balaban J connectivity index is 0.000000369. The summed E-state index contributed by atoms with van der Waals surface area (Å²) in [5.74, 6) is 0.463. The molecule has 1 aliphatic rings. The van der Waals surface area contributed by atoms with E-state index in [1.165, 1.54) is 25.3 Å². The monoisotopic (exact) mass is 630 g/mol. The first-order valence-electron chi connectivity index (χ1n) is 14.6. The number of likely N-dealkylation sites (N-methyl/N-ethyl adjacent to an activating group) is 1. The van der Waals surface area contributed by atoms with E-state index < -0.39 is 6.10 Å². The Kier molecular flexibility index (Phi) is 14.2. The van der Waals surface area contributed by atoms with E-state index in [1.54, 1.807) is 25.3 Å². The van der Waals surface area contributed by atoms with Crippen LogP contribution in [0.4, 0.5) is 10.1 Å². The Labute approximate surface area is 264 Å². The third kappa shape index (κ3) is 10.3. The number of nitrogens with two attached hydrogens (primary N) is 1. The predicted octanol–water partition coefficient (Wildman–Crippen LogP) is 4.69. The third-order valence-electron chi connectivity index (χ3n) is 7.60. The number of benzene rings is 3. The van der Waals surface area contributed by atoms with Gasteiger partial charge in [0.1, 0.15) is 17.3 Å². The van der Waals surface area contributed by atoms with E-state index in [1.807, 2.05) is 44.3 Å². The lowest BCUT2D eigenvalue weighted by Gasteiger charge is -2.38. The second kappa shape index (κ2) is 17.8. The van der Waals surface area contributed by atoms with Gasteiger partial charge < -0.3 is 40.6 Å². The summed E-state index contributed by atoms with van der Waals surface area (Å²) in [6.07, 6.45) is 0.997. The minimum atomic E-state index is -0.420. The van der Waals surface area contributed by atoms with Gasteiger partial charge in [-0.2, -0.15) is 0 Å². The largest absolute Gasteiger partial charge is 0.496 e. The molecule has 1 amide bonds. The normalized spacial score (nSPS) is 18.0. The highest BCUT2D eigenvalue weighted by molar-refractivity contribution is 6.33. The Morgan fingerprint density at radius 2 is 1.86 bits per heavy atom. The number of rotatable bonds is 12. The number of anilines is 1. The molecule has 44 heavy (non-hydrogen) atoms. The molecule has 1 fully saturated rings. The Morgan fingerprint density at radius 1 is 1.16 bits per heavy atom. The zero-order valence-corrected chi connectivity index (χ0v) is 26.5. The molecule has 2 unspecified atom stereocenters. The number of methoxy groups -OCH3 is 2. The second-order valence-corrected chi connectivity index (χ2v) is 11.0. The average molecular weight is 631 g/mol. The zero-order chi connectivity index (χ0) is 32.1. The van der Waals surface area contributed by atoms with E-state index in [4.69, 9.17) is 31.5 Å². The van der Waals surface area contributed by atoms with E-state index in [0.717, 1.165) is 31.5 Å². The minimum Gasteiger partial charge on any atom is -0.496 e. The fourth-order valence-electron chi connectivity index (χ4n) is 4.85. The first-order valence-corrected chi connectivity index (χ1v) is 15.0. The molecule has 0 aromatic heterocycles. The summed E-state index contributed by atoms with van der Waals surface area (Å²) in [7, 11) is 4.97. The quantitative estimate of drug-likeness (QED) is 0.168. The van der Waals surface area contributed by atoms with Gasteiger partial charge in [-0.3, -0.25) is 4.79 Å². The molecule has 5 N–H and O–H groups in total. The number of likely N-dealkylation sites (tertiary alicyclic amines) is 1. The van der Waals surface area contributed by atoms with E-state index in [0.29, 0.717) is 40.9 Å². The zero-order valence-electron chi connectivity index (χ0n) is 25.8. The average Bonchev–Trinajstić information content (AvgIpc) is 3.05. The van der Waals surface area contributed by atoms with Crippen molar-refractivity contribution in [3.05, 3.63) is 88.7 Å². The molecule has 4 rings (SSSR count). The van der Waals surface area contributed by atoms with Crippen LogP contribution in [-0.2, 0) is 4.74 Å². The summed E-state index contributed by atoms with van der Waals surface area (Å²) in [4.78, 5) is 15.1. The van der Waals surface area contributed by atoms with E-state index in [-0.39, 0.29) is 29.9 Å². The number of amides is 1. The number of carbonyl (C=O) groups excluding carboxylic acids is 1. The van der Waals surface area contributed by atoms with Crippen LogP contribution in [-0.4, -0.2) is 81.6 Å². The summed E-state index contributed by atoms with van der Waals surface area (Å²) >= 11 is 6.09. The van der Waals surface area contributed by atoms with Crippen molar-refractivity contribution in [3.63, 3.8) is 0 Å². The van der Waals surface area contributed by atoms with Gasteiger partial charge in [0.15, 0.2) is 0 Å². The van der Waals surface area contributed by atoms with Gasteiger partial charge in [-0.15, -0.1) is 0 Å². The standard InChI is InChI=1S/C23H29ClFN3O4.C10H15NO/c1-30-21-13-19(26)18(24)12-17(21)23(29)27-20-8-10-28(14-22(20)31-2)9-3-11-32-16-6-4-15(25)5-7-16;1-8(11-2)10(12)9-6-4-3-5-7-9/h4-7,12-13,20,22H,3,8-11,14,26H2,1-2H3,(H,27,29);3-8,10-12H,1-2H3/t;8-,10+/m.0/s1. The van der Waals surface area contributed by atoms with Crippen LogP contribution >= 0.6 is 11.6 Å². The third-order valence-corrected chi connectivity index (χ3v) is 7.92. The molecule has 0 bridgehead atoms. The van der Waals surface area contributed by atoms with Crippen LogP contribution in [0.3, 0.4) is 0 Å². The van der Waals surface area contributed by atoms with Crippen molar-refractivity contribution in [2.45, 2.75) is 44.1 Å². The SMILES string of the molecule is CN[C@@H](C)[C@@H](O)c1ccccc1.COc1cc(N)c(Cl)cc1C(=O)NC1CCN(CCCOc2ccc(F)cc2)CC1OC. The number of hydrogen-bond donors (Lipinski definition) is 4. The number of ether oxygens (including phenoxy) is 3. The molecule has 0 radical (unpaired) electrons. The Morgan fingerprint density at radius 3 is 2.50 bits per heavy atom. The molecular formula is C33H44ClFN4O5. The van der Waals surface area contributed by atoms with Crippen molar-refractivity contribution >= 4 is 23.2 Å². The summed E-state index contributed by atoms with van der Waals surface area (Å²) in [5.41, 5.74) is 7.45. The maximum atomic E-state index is 12.9. The van der Waals surface area contributed by atoms with Crippen molar-refractivity contribution in [1.82, 2.24) is 15.5 Å². The van der Waals surface area contributed by atoms with Crippen molar-refractivity contribution in [2.75, 3.05) is 53.2 Å². The van der Waals surface area contributed by atoms with E-state index >= 15 is 0 Å². The number of aliphatic hydroxyl groups is 1. The van der Waals surface area contributed by atoms with Crippen molar-refractivity contribution in [2.24, 2.45) is 0 Å². The highest BCUT2D eigenvalue weighted by Gasteiger charge is 2.31. The van der Waals surface area contributed by atoms with Crippen LogP contribution in [0.1, 0.15) is 41.8 Å². The molecule has 1 heterocycles. The van der Waals surface area contributed by atoms with Crippen molar-refractivity contribution in [3.8, 4) is 11.5 Å². The maximum absolute atomic E-state index is 12.9. The van der Waals surface area contributed by atoms with Crippen LogP contribution in [0, 0.1) is 5.82 Å². The van der Waals surface area contributed by atoms with Gasteiger partial charge in [-0.1, -0.05) is 41.9 Å². The fraction of sp³-hybridized carbons (Fsp3) is 0.424. The van der Waals surface area contributed by atoms with Crippen LogP contribution in [0.15, 0.2) is 66.7 Å². The van der Waals surface area contributed by atoms with Crippen LogP contribution in [0.5, 0.6) is 11.5 Å². The number of piperidine rings is 1. The molecule has 0 saturated carbocycles. The molecule has 3 aromatic rings. The fourth-order valence-corrected chi connectivity index (χ4v) is 5.02. The number of nitrogen functional groups attached to an aromatic ring is 1. The van der Waals surface area contributed by atoms with Crippen LogP contribution in [0.25, 0.3) is 0 Å². The van der Waals surface area contributed by atoms with Gasteiger partial charge in [0.25, 0.3) is 5.91 Å². The van der Waals surface area contributed by atoms with Gasteiger partial charge >= 0.3 is 0 Å². The lowest BCUT2D eigenvalue weighted by molar-refractivity contribution is 0.00527. The molecule has 3 aromatic carbocycles. The van der Waals surface area contributed by atoms with Gasteiger partial charge in [0.2, 0.25) is 0 Å². The van der Waals surface area contributed by atoms with Crippen molar-refractivity contribution < 1.29 is 28.5 Å². The molecule has 240 valence electrons. The number of nitrogens with one attached hydrogen (secondary N) is 2. The number of nitrogens with zero attached hydrogens (tertiary/aromatic N) is 1. The van der Waals surface area contributed by atoms with Gasteiger partial charge in [-0.05, 0) is 62.7 Å². The van der Waals surface area contributed by atoms with Crippen LogP contribution in [0.2, 0.25) is 5.02 Å². The second-order valence-electron chi connectivity index (χ2n) is 10.6. The summed E-state index contributed by atoms with van der Waals surface area (Å²) in [5, 5.41) is 16.1. The maximum Gasteiger partial charge on any atom is 0.255 e. The lowest BCUT2D eigenvalue weighted by atomic mass is 10.0. The molecule has 0 spiro atoms. The first-order chi connectivity index (χ1) is 21.2. The van der Waals surface area contributed by atoms with E-state index in [2.05, 4.69) is 15.5 Å². The van der Waals surface area contributed by atoms with E-state index in [9.17, 15) is 14.3 Å². The summed E-state index contributed by atoms with van der Waals surface area (Å²) in [6.45, 7) is 4.84. The molecule has 0 aliphatic carbocycles. The van der Waals surface area contributed by atoms with Gasteiger partial charge in [0, 0.05) is 38.9 Å². The van der Waals surface area contributed by atoms with Crippen LogP contribution < -0.4 is 25.8 Å². The predicted molar refractivity (Wildman–Crippen MR) is 172 cm³/mol. The first kappa shape index (κ1) is 35.1. The van der Waals surface area contributed by atoms with Crippen molar-refractivity contribution in [1.29, 1.82) is 0 Å². The molecule has 9 nitrogen and oxygen atoms in total. The number of halogens is 2. The van der Waals surface area contributed by atoms with Gasteiger partial charge in [-0.25, -0.2) is 4.39 Å². The molecule has 4 atom stereocenters. The Hall–Kier alpha value is -3.41. The number of hydrogen-bond acceptors (Lipinski definition) is 8. The lowest BCUT2D eigenvalue weighted by Crippen LogP contribution is -2.55. The smallest absolute Gasteiger partial charge is 0.255 e.